The normalized spacial score (nSPS) is 26.8. The molecule has 0 bridgehead atoms. The largest absolute Gasteiger partial charge is 0.311 e. The van der Waals surface area contributed by atoms with Crippen LogP contribution in [0, 0.1) is 11.3 Å². The number of hydrogen-bond acceptors (Lipinski definition) is 3. The van der Waals surface area contributed by atoms with E-state index in [0.717, 1.165) is 19.1 Å². The molecule has 0 aromatic carbocycles. The van der Waals surface area contributed by atoms with Gasteiger partial charge in [0.25, 0.3) is 0 Å². The van der Waals surface area contributed by atoms with Gasteiger partial charge in [0.15, 0.2) is 0 Å². The molecule has 2 rings (SSSR count). The lowest BCUT2D eigenvalue weighted by Gasteiger charge is -2.35. The molecule has 3 nitrogen and oxygen atoms in total. The Morgan fingerprint density at radius 3 is 2.25 bits per heavy atom. The zero-order chi connectivity index (χ0) is 11.4. The summed E-state index contributed by atoms with van der Waals surface area (Å²) >= 11 is 0. The lowest BCUT2D eigenvalue weighted by Crippen LogP contribution is -2.47. The van der Waals surface area contributed by atoms with Gasteiger partial charge in [-0.2, -0.15) is 5.26 Å². The summed E-state index contributed by atoms with van der Waals surface area (Å²) in [5.41, 5.74) is 0. The Morgan fingerprint density at radius 2 is 1.69 bits per heavy atom. The van der Waals surface area contributed by atoms with Crippen LogP contribution in [-0.4, -0.2) is 36.1 Å². The fraction of sp³-hybridized carbons (Fsp3) is 0.923. The topological polar surface area (TPSA) is 39.1 Å². The highest BCUT2D eigenvalue weighted by Gasteiger charge is 2.25. The van der Waals surface area contributed by atoms with Crippen molar-refractivity contribution in [3.8, 4) is 6.07 Å². The van der Waals surface area contributed by atoms with Crippen molar-refractivity contribution < 1.29 is 0 Å². The SMILES string of the molecule is CC(C#N)N1CCC(NC2CCCC2)CC1. The first-order valence-corrected chi connectivity index (χ1v) is 6.69. The number of rotatable bonds is 3. The van der Waals surface area contributed by atoms with E-state index < -0.39 is 0 Å². The molecule has 0 aromatic heterocycles. The molecule has 1 saturated carbocycles. The van der Waals surface area contributed by atoms with Gasteiger partial charge in [0.2, 0.25) is 0 Å². The summed E-state index contributed by atoms with van der Waals surface area (Å²) in [6.45, 7) is 4.17. The van der Waals surface area contributed by atoms with Gasteiger partial charge < -0.3 is 5.32 Å². The van der Waals surface area contributed by atoms with Gasteiger partial charge in [-0.05, 0) is 32.6 Å². The van der Waals surface area contributed by atoms with E-state index >= 15 is 0 Å². The maximum Gasteiger partial charge on any atom is 0.0949 e. The third-order valence-electron chi connectivity index (χ3n) is 4.09. The fourth-order valence-electron chi connectivity index (χ4n) is 2.96. The Bertz CT molecular complexity index is 244. The molecule has 3 heteroatoms. The maximum absolute atomic E-state index is 8.88. The van der Waals surface area contributed by atoms with Gasteiger partial charge in [0, 0.05) is 25.2 Å². The van der Waals surface area contributed by atoms with E-state index in [2.05, 4.69) is 16.3 Å². The highest BCUT2D eigenvalue weighted by Crippen LogP contribution is 2.21. The Hall–Kier alpha value is -0.590. The summed E-state index contributed by atoms with van der Waals surface area (Å²) in [5, 5.41) is 12.7. The Kier molecular flexibility index (Phi) is 4.20. The van der Waals surface area contributed by atoms with Crippen molar-refractivity contribution in [1.82, 2.24) is 10.2 Å². The van der Waals surface area contributed by atoms with Gasteiger partial charge in [-0.25, -0.2) is 0 Å². The quantitative estimate of drug-likeness (QED) is 0.791. The van der Waals surface area contributed by atoms with E-state index in [-0.39, 0.29) is 6.04 Å². The molecule has 0 spiro atoms. The minimum Gasteiger partial charge on any atom is -0.311 e. The zero-order valence-electron chi connectivity index (χ0n) is 10.3. The van der Waals surface area contributed by atoms with Gasteiger partial charge in [-0.1, -0.05) is 12.8 Å². The van der Waals surface area contributed by atoms with Crippen LogP contribution in [0.4, 0.5) is 0 Å². The first kappa shape index (κ1) is 11.9. The Morgan fingerprint density at radius 1 is 1.12 bits per heavy atom. The average Bonchev–Trinajstić information content (AvgIpc) is 2.82. The van der Waals surface area contributed by atoms with Gasteiger partial charge in [-0.3, -0.25) is 4.90 Å². The number of likely N-dealkylation sites (tertiary alicyclic amines) is 1. The zero-order valence-corrected chi connectivity index (χ0v) is 10.3. The predicted octanol–water partition coefficient (Wildman–Crippen LogP) is 1.90. The van der Waals surface area contributed by atoms with Crippen LogP contribution in [0.1, 0.15) is 45.4 Å². The number of hydrogen-bond donors (Lipinski definition) is 1. The molecule has 2 fully saturated rings. The fourth-order valence-corrected chi connectivity index (χ4v) is 2.96. The van der Waals surface area contributed by atoms with Crippen molar-refractivity contribution in [3.63, 3.8) is 0 Å². The molecule has 0 amide bonds. The minimum absolute atomic E-state index is 0.0902. The summed E-state index contributed by atoms with van der Waals surface area (Å²) in [5.74, 6) is 0. The number of nitriles is 1. The van der Waals surface area contributed by atoms with Crippen LogP contribution >= 0.6 is 0 Å². The van der Waals surface area contributed by atoms with E-state index in [1.54, 1.807) is 0 Å². The highest BCUT2D eigenvalue weighted by atomic mass is 15.2. The number of nitrogens with zero attached hydrogens (tertiary/aromatic N) is 2. The van der Waals surface area contributed by atoms with Crippen molar-refractivity contribution in [2.24, 2.45) is 0 Å². The first-order valence-electron chi connectivity index (χ1n) is 6.69. The van der Waals surface area contributed by atoms with Crippen molar-refractivity contribution in [3.05, 3.63) is 0 Å². The molecule has 1 unspecified atom stereocenters. The molecule has 0 aromatic rings. The molecule has 0 radical (unpaired) electrons. The van der Waals surface area contributed by atoms with Crippen LogP contribution in [0.15, 0.2) is 0 Å². The predicted molar refractivity (Wildman–Crippen MR) is 65.1 cm³/mol. The number of nitrogens with one attached hydrogen (secondary N) is 1. The van der Waals surface area contributed by atoms with Crippen LogP contribution in [0.3, 0.4) is 0 Å². The minimum atomic E-state index is 0.0902. The van der Waals surface area contributed by atoms with Crippen molar-refractivity contribution in [2.75, 3.05) is 13.1 Å². The van der Waals surface area contributed by atoms with E-state index in [0.29, 0.717) is 6.04 Å². The van der Waals surface area contributed by atoms with Crippen LogP contribution in [0.2, 0.25) is 0 Å². The Labute approximate surface area is 98.8 Å². The highest BCUT2D eigenvalue weighted by molar-refractivity contribution is 4.91. The third-order valence-corrected chi connectivity index (χ3v) is 4.09. The molecule has 2 aliphatic rings. The molecule has 1 atom stereocenters. The van der Waals surface area contributed by atoms with E-state index in [4.69, 9.17) is 5.26 Å². The van der Waals surface area contributed by atoms with Crippen molar-refractivity contribution >= 4 is 0 Å². The average molecular weight is 221 g/mol. The second-order valence-electron chi connectivity index (χ2n) is 5.26. The summed E-state index contributed by atoms with van der Waals surface area (Å²) in [4.78, 5) is 2.30. The third kappa shape index (κ3) is 2.96. The molecular formula is C13H23N3. The van der Waals surface area contributed by atoms with Crippen LogP contribution < -0.4 is 5.32 Å². The Balaban J connectivity index is 1.70. The van der Waals surface area contributed by atoms with Crippen LogP contribution in [0.5, 0.6) is 0 Å². The van der Waals surface area contributed by atoms with E-state index in [1.165, 1.54) is 38.5 Å². The van der Waals surface area contributed by atoms with Gasteiger partial charge in [0.05, 0.1) is 12.1 Å². The number of piperidine rings is 1. The summed E-state index contributed by atoms with van der Waals surface area (Å²) in [6, 6.07) is 3.90. The second kappa shape index (κ2) is 5.65. The van der Waals surface area contributed by atoms with E-state index in [9.17, 15) is 0 Å². The lowest BCUT2D eigenvalue weighted by atomic mass is 10.0. The van der Waals surface area contributed by atoms with Gasteiger partial charge in [-0.15, -0.1) is 0 Å². The van der Waals surface area contributed by atoms with Crippen LogP contribution in [-0.2, 0) is 0 Å². The monoisotopic (exact) mass is 221 g/mol. The van der Waals surface area contributed by atoms with Gasteiger partial charge >= 0.3 is 0 Å². The molecule has 1 heterocycles. The lowest BCUT2D eigenvalue weighted by molar-refractivity contribution is 0.172. The summed E-state index contributed by atoms with van der Waals surface area (Å²) < 4.78 is 0. The molecule has 1 saturated heterocycles. The molecule has 1 aliphatic carbocycles. The van der Waals surface area contributed by atoms with Crippen molar-refractivity contribution in [1.29, 1.82) is 5.26 Å². The molecule has 1 aliphatic heterocycles. The van der Waals surface area contributed by atoms with Gasteiger partial charge in [0.1, 0.15) is 0 Å². The second-order valence-corrected chi connectivity index (χ2v) is 5.26. The summed E-state index contributed by atoms with van der Waals surface area (Å²) in [7, 11) is 0. The van der Waals surface area contributed by atoms with Crippen LogP contribution in [0.25, 0.3) is 0 Å². The molecule has 90 valence electrons. The molecule has 16 heavy (non-hydrogen) atoms. The van der Waals surface area contributed by atoms with E-state index in [1.807, 2.05) is 6.92 Å². The van der Waals surface area contributed by atoms with Crippen molar-refractivity contribution in [2.45, 2.75) is 63.6 Å². The first-order chi connectivity index (χ1) is 7.79. The maximum atomic E-state index is 8.88. The molecular weight excluding hydrogens is 198 g/mol. The standard InChI is InChI=1S/C13H23N3/c1-11(10-14)16-8-6-13(7-9-16)15-12-4-2-3-5-12/h11-13,15H,2-9H2,1H3. The summed E-state index contributed by atoms with van der Waals surface area (Å²) in [6.07, 6.45) is 7.97. The smallest absolute Gasteiger partial charge is 0.0949 e. The molecule has 1 N–H and O–H groups in total.